The van der Waals surface area contributed by atoms with Crippen molar-refractivity contribution < 1.29 is 29.1 Å². The molecule has 0 bridgehead atoms. The number of ether oxygens (including phenoxy) is 1. The van der Waals surface area contributed by atoms with Crippen molar-refractivity contribution in [3.8, 4) is 0 Å². The molecule has 10 heteroatoms. The molecule has 154 valence electrons. The topological polar surface area (TPSA) is 146 Å². The average molecular weight is 394 g/mol. The van der Waals surface area contributed by atoms with Crippen LogP contribution < -0.4 is 21.4 Å². The maximum Gasteiger partial charge on any atom is 0.407 e. The highest BCUT2D eigenvalue weighted by Gasteiger charge is 2.21. The summed E-state index contributed by atoms with van der Waals surface area (Å²) in [5.41, 5.74) is 2.30. The molecule has 0 aliphatic heterocycles. The number of alkyl carbamates (subject to hydrolysis) is 1. The number of benzene rings is 1. The van der Waals surface area contributed by atoms with Crippen LogP contribution in [0, 0.1) is 5.92 Å². The van der Waals surface area contributed by atoms with Gasteiger partial charge < -0.3 is 20.7 Å². The molecule has 0 aromatic heterocycles. The lowest BCUT2D eigenvalue weighted by atomic mass is 10.0. The first-order valence-corrected chi connectivity index (χ1v) is 8.76. The molecule has 0 aliphatic rings. The van der Waals surface area contributed by atoms with Crippen LogP contribution in [0.5, 0.6) is 0 Å². The van der Waals surface area contributed by atoms with Crippen LogP contribution in [0.1, 0.15) is 25.8 Å². The van der Waals surface area contributed by atoms with Gasteiger partial charge in [0.1, 0.15) is 19.2 Å². The molecule has 0 heterocycles. The van der Waals surface area contributed by atoms with E-state index in [-0.39, 0.29) is 25.6 Å². The molecule has 10 nitrogen and oxygen atoms in total. The monoisotopic (exact) mass is 394 g/mol. The summed E-state index contributed by atoms with van der Waals surface area (Å²) in [6.07, 6.45) is -0.443. The number of nitrogens with one attached hydrogen (secondary N) is 4. The molecule has 0 saturated carbocycles. The number of hydroxylamine groups is 1. The molecule has 1 aromatic carbocycles. The quantitative estimate of drug-likeness (QED) is 0.280. The van der Waals surface area contributed by atoms with Gasteiger partial charge in [-0.05, 0) is 17.9 Å². The van der Waals surface area contributed by atoms with E-state index in [1.807, 2.05) is 32.0 Å². The Morgan fingerprint density at radius 3 is 2.25 bits per heavy atom. The Morgan fingerprint density at radius 2 is 1.64 bits per heavy atom. The molecular formula is C18H26N4O6. The van der Waals surface area contributed by atoms with Crippen LogP contribution in [0.15, 0.2) is 30.3 Å². The third kappa shape index (κ3) is 9.53. The third-order valence-corrected chi connectivity index (χ3v) is 3.52. The fourth-order valence-electron chi connectivity index (χ4n) is 2.19. The second-order valence-electron chi connectivity index (χ2n) is 6.42. The SMILES string of the molecule is CC(C)C[C@@H](NC(=O)CNC(=O)CNC(=O)OCc1ccccc1)C(=O)NO. The fourth-order valence-corrected chi connectivity index (χ4v) is 2.19. The van der Waals surface area contributed by atoms with Crippen LogP contribution in [0.25, 0.3) is 0 Å². The smallest absolute Gasteiger partial charge is 0.407 e. The van der Waals surface area contributed by atoms with E-state index in [9.17, 15) is 19.2 Å². The summed E-state index contributed by atoms with van der Waals surface area (Å²) >= 11 is 0. The van der Waals surface area contributed by atoms with E-state index in [0.717, 1.165) is 5.56 Å². The predicted molar refractivity (Wildman–Crippen MR) is 99.0 cm³/mol. The number of hydrogen-bond acceptors (Lipinski definition) is 6. The number of hydrogen-bond donors (Lipinski definition) is 5. The predicted octanol–water partition coefficient (Wildman–Crippen LogP) is 0.0653. The number of carbonyl (C=O) groups is 4. The van der Waals surface area contributed by atoms with Crippen LogP contribution in [0.3, 0.4) is 0 Å². The molecule has 0 saturated heterocycles. The highest BCUT2D eigenvalue weighted by molar-refractivity contribution is 5.90. The van der Waals surface area contributed by atoms with E-state index in [0.29, 0.717) is 6.42 Å². The highest BCUT2D eigenvalue weighted by Crippen LogP contribution is 2.04. The first-order chi connectivity index (χ1) is 13.3. The summed E-state index contributed by atoms with van der Waals surface area (Å²) in [4.78, 5) is 46.6. The summed E-state index contributed by atoms with van der Waals surface area (Å²) in [6.45, 7) is 3.03. The van der Waals surface area contributed by atoms with Crippen LogP contribution in [-0.2, 0) is 25.7 Å². The van der Waals surface area contributed by atoms with E-state index < -0.39 is 29.9 Å². The largest absolute Gasteiger partial charge is 0.445 e. The lowest BCUT2D eigenvalue weighted by Crippen LogP contribution is -2.50. The fraction of sp³-hybridized carbons (Fsp3) is 0.444. The van der Waals surface area contributed by atoms with Gasteiger partial charge in [0.15, 0.2) is 0 Å². The van der Waals surface area contributed by atoms with E-state index in [1.165, 1.54) is 5.48 Å². The van der Waals surface area contributed by atoms with Crippen molar-refractivity contribution in [2.45, 2.75) is 32.9 Å². The number of carbonyl (C=O) groups excluding carboxylic acids is 4. The minimum absolute atomic E-state index is 0.0703. The zero-order chi connectivity index (χ0) is 20.9. The molecular weight excluding hydrogens is 368 g/mol. The third-order valence-electron chi connectivity index (χ3n) is 3.52. The summed E-state index contributed by atoms with van der Waals surface area (Å²) in [5.74, 6) is -1.84. The van der Waals surface area contributed by atoms with Gasteiger partial charge in [-0.2, -0.15) is 0 Å². The van der Waals surface area contributed by atoms with Gasteiger partial charge >= 0.3 is 6.09 Å². The van der Waals surface area contributed by atoms with E-state index in [1.54, 1.807) is 12.1 Å². The molecule has 1 atom stereocenters. The van der Waals surface area contributed by atoms with Crippen molar-refractivity contribution in [3.05, 3.63) is 35.9 Å². The summed E-state index contributed by atoms with van der Waals surface area (Å²) in [7, 11) is 0. The van der Waals surface area contributed by atoms with Gasteiger partial charge in [-0.25, -0.2) is 10.3 Å². The second-order valence-corrected chi connectivity index (χ2v) is 6.42. The van der Waals surface area contributed by atoms with Crippen molar-refractivity contribution >= 4 is 23.8 Å². The first-order valence-electron chi connectivity index (χ1n) is 8.76. The van der Waals surface area contributed by atoms with E-state index in [4.69, 9.17) is 9.94 Å². The van der Waals surface area contributed by atoms with Crippen LogP contribution >= 0.6 is 0 Å². The molecule has 0 aliphatic carbocycles. The molecule has 0 spiro atoms. The van der Waals surface area contributed by atoms with E-state index in [2.05, 4.69) is 16.0 Å². The average Bonchev–Trinajstić information content (AvgIpc) is 2.68. The summed E-state index contributed by atoms with van der Waals surface area (Å²) in [6, 6.07) is 8.13. The standard InChI is InChI=1S/C18H26N4O6/c1-12(2)8-14(17(25)22-27)21-16(24)10-19-15(23)9-20-18(26)28-11-13-6-4-3-5-7-13/h3-7,12,14,27H,8-11H2,1-2H3,(H,19,23)(H,20,26)(H,21,24)(H,22,25)/t14-/m1/s1. The summed E-state index contributed by atoms with van der Waals surface area (Å²) < 4.78 is 4.95. The Balaban J connectivity index is 2.28. The van der Waals surface area contributed by atoms with Crippen LogP contribution in [-0.4, -0.2) is 48.2 Å². The van der Waals surface area contributed by atoms with Gasteiger partial charge in [0.25, 0.3) is 5.91 Å². The van der Waals surface area contributed by atoms with Crippen LogP contribution in [0.4, 0.5) is 4.79 Å². The Bertz CT molecular complexity index is 665. The van der Waals surface area contributed by atoms with Gasteiger partial charge in [0, 0.05) is 0 Å². The highest BCUT2D eigenvalue weighted by atomic mass is 16.5. The van der Waals surface area contributed by atoms with E-state index >= 15 is 0 Å². The minimum atomic E-state index is -0.916. The molecule has 5 N–H and O–H groups in total. The van der Waals surface area contributed by atoms with Crippen LogP contribution in [0.2, 0.25) is 0 Å². The lowest BCUT2D eigenvalue weighted by molar-refractivity contribution is -0.135. The zero-order valence-corrected chi connectivity index (χ0v) is 15.9. The maximum atomic E-state index is 11.9. The van der Waals surface area contributed by atoms with Crippen molar-refractivity contribution in [2.75, 3.05) is 13.1 Å². The Morgan fingerprint density at radius 1 is 1.00 bits per heavy atom. The molecule has 0 radical (unpaired) electrons. The van der Waals surface area contributed by atoms with Crippen molar-refractivity contribution in [3.63, 3.8) is 0 Å². The number of rotatable bonds is 10. The minimum Gasteiger partial charge on any atom is -0.445 e. The maximum absolute atomic E-state index is 11.9. The first kappa shape index (κ1) is 22.9. The van der Waals surface area contributed by atoms with Gasteiger partial charge in [0.05, 0.1) is 6.54 Å². The van der Waals surface area contributed by atoms with Crippen molar-refractivity contribution in [2.24, 2.45) is 5.92 Å². The Kier molecular flexibility index (Phi) is 10.0. The van der Waals surface area contributed by atoms with Gasteiger partial charge in [-0.3, -0.25) is 19.6 Å². The second kappa shape index (κ2) is 12.3. The lowest BCUT2D eigenvalue weighted by Gasteiger charge is -2.18. The van der Waals surface area contributed by atoms with Gasteiger partial charge in [-0.15, -0.1) is 0 Å². The van der Waals surface area contributed by atoms with Crippen molar-refractivity contribution in [1.82, 2.24) is 21.4 Å². The number of amides is 4. The Labute approximate surface area is 163 Å². The molecule has 28 heavy (non-hydrogen) atoms. The molecule has 1 rings (SSSR count). The van der Waals surface area contributed by atoms with Gasteiger partial charge in [-0.1, -0.05) is 44.2 Å². The molecule has 0 unspecified atom stereocenters. The molecule has 1 aromatic rings. The van der Waals surface area contributed by atoms with Crippen molar-refractivity contribution in [1.29, 1.82) is 0 Å². The normalized spacial score (nSPS) is 11.3. The molecule has 4 amide bonds. The summed E-state index contributed by atoms with van der Waals surface area (Å²) in [5, 5.41) is 15.7. The van der Waals surface area contributed by atoms with Gasteiger partial charge in [0.2, 0.25) is 11.8 Å². The zero-order valence-electron chi connectivity index (χ0n) is 15.9. The Hall–Kier alpha value is -3.14. The molecule has 0 fully saturated rings.